The molecule has 0 aliphatic carbocycles. The Bertz CT molecular complexity index is 1310. The fraction of sp³-hybridized carbons (Fsp3) is 0.227. The zero-order valence-corrected chi connectivity index (χ0v) is 17.3. The molecule has 8 nitrogen and oxygen atoms in total. The molecule has 9 heteroatoms. The molecule has 156 valence electrons. The molecule has 2 N–H and O–H groups in total. The average Bonchev–Trinajstić information content (AvgIpc) is 3.48. The maximum atomic E-state index is 11.4. The van der Waals surface area contributed by atoms with E-state index in [-0.39, 0.29) is 6.03 Å². The highest BCUT2D eigenvalue weighted by atomic mass is 32.1. The van der Waals surface area contributed by atoms with Gasteiger partial charge in [-0.05, 0) is 35.9 Å². The molecule has 2 aliphatic heterocycles. The molecule has 1 unspecified atom stereocenters. The van der Waals surface area contributed by atoms with E-state index in [1.807, 2.05) is 30.3 Å². The first kappa shape index (κ1) is 18.2. The second kappa shape index (κ2) is 6.98. The van der Waals surface area contributed by atoms with Crippen molar-refractivity contribution < 1.29 is 13.9 Å². The van der Waals surface area contributed by atoms with E-state index >= 15 is 0 Å². The molecule has 2 aliphatic rings. The number of carbonyl (C=O) groups is 1. The number of urea groups is 1. The fourth-order valence-corrected chi connectivity index (χ4v) is 5.06. The maximum absolute atomic E-state index is 11.4. The van der Waals surface area contributed by atoms with Gasteiger partial charge in [0.15, 0.2) is 5.65 Å². The van der Waals surface area contributed by atoms with Crippen LogP contribution in [0.4, 0.5) is 4.79 Å². The summed E-state index contributed by atoms with van der Waals surface area (Å²) in [6.45, 7) is 2.87. The van der Waals surface area contributed by atoms with Gasteiger partial charge in [-0.2, -0.15) is 4.98 Å². The van der Waals surface area contributed by atoms with Gasteiger partial charge < -0.3 is 24.7 Å². The molecule has 1 atom stereocenters. The van der Waals surface area contributed by atoms with E-state index in [4.69, 9.17) is 14.9 Å². The quantitative estimate of drug-likeness (QED) is 0.524. The minimum atomic E-state index is -0.348. The largest absolute Gasteiger partial charge is 0.459 e. The zero-order valence-electron chi connectivity index (χ0n) is 16.5. The summed E-state index contributed by atoms with van der Waals surface area (Å²) in [5.41, 5.74) is 8.12. The third-order valence-corrected chi connectivity index (χ3v) is 6.59. The highest BCUT2D eigenvalue weighted by Gasteiger charge is 2.34. The number of thiazole rings is 1. The van der Waals surface area contributed by atoms with Crippen LogP contribution in [0.5, 0.6) is 10.9 Å². The first-order valence-electron chi connectivity index (χ1n) is 10.0. The lowest BCUT2D eigenvalue weighted by Gasteiger charge is -2.18. The second-order valence-electron chi connectivity index (χ2n) is 7.87. The average molecular weight is 433 g/mol. The predicted octanol–water partition coefficient (Wildman–Crippen LogP) is 3.94. The van der Waals surface area contributed by atoms with Crippen molar-refractivity contribution in [3.05, 3.63) is 60.1 Å². The molecule has 3 aromatic heterocycles. The minimum absolute atomic E-state index is 0.348. The third kappa shape index (κ3) is 3.36. The minimum Gasteiger partial charge on any atom is -0.459 e. The van der Waals surface area contributed by atoms with Crippen LogP contribution in [0.3, 0.4) is 0 Å². The number of primary amides is 1. The molecule has 0 bridgehead atoms. The Morgan fingerprint density at radius 1 is 1.29 bits per heavy atom. The van der Waals surface area contributed by atoms with E-state index < -0.39 is 0 Å². The van der Waals surface area contributed by atoms with Crippen LogP contribution in [0.1, 0.15) is 5.76 Å². The summed E-state index contributed by atoms with van der Waals surface area (Å²) in [4.78, 5) is 24.0. The van der Waals surface area contributed by atoms with Crippen LogP contribution in [-0.4, -0.2) is 45.4 Å². The lowest BCUT2D eigenvalue weighted by Crippen LogP contribution is -2.35. The summed E-state index contributed by atoms with van der Waals surface area (Å²) in [5.74, 6) is 1.93. The Morgan fingerprint density at radius 2 is 2.23 bits per heavy atom. The van der Waals surface area contributed by atoms with Crippen LogP contribution in [0.25, 0.3) is 21.3 Å². The number of hydrogen-bond acceptors (Lipinski definition) is 7. The summed E-state index contributed by atoms with van der Waals surface area (Å²) in [7, 11) is 0. The summed E-state index contributed by atoms with van der Waals surface area (Å²) in [6, 6.07) is 11.4. The number of pyridine rings is 1. The van der Waals surface area contributed by atoms with Crippen molar-refractivity contribution in [3.8, 4) is 10.9 Å². The molecule has 6 rings (SSSR count). The van der Waals surface area contributed by atoms with Crippen molar-refractivity contribution in [2.45, 2.75) is 6.54 Å². The van der Waals surface area contributed by atoms with Crippen LogP contribution in [0.2, 0.25) is 0 Å². The number of furan rings is 1. The van der Waals surface area contributed by atoms with Gasteiger partial charge in [0.1, 0.15) is 17.1 Å². The summed E-state index contributed by atoms with van der Waals surface area (Å²) in [6.07, 6.45) is 3.86. The number of nitrogens with two attached hydrogens (primary N) is 1. The van der Waals surface area contributed by atoms with E-state index in [0.29, 0.717) is 42.1 Å². The lowest BCUT2D eigenvalue weighted by molar-refractivity contribution is 0.213. The zero-order chi connectivity index (χ0) is 20.9. The normalized spacial score (nSPS) is 18.1. The van der Waals surface area contributed by atoms with Crippen LogP contribution in [-0.2, 0) is 6.54 Å². The Morgan fingerprint density at radius 3 is 3.06 bits per heavy atom. The first-order valence-corrected chi connectivity index (χ1v) is 10.8. The van der Waals surface area contributed by atoms with Crippen LogP contribution in [0, 0.1) is 5.92 Å². The lowest BCUT2D eigenvalue weighted by atomic mass is 10.1. The maximum Gasteiger partial charge on any atom is 0.315 e. The van der Waals surface area contributed by atoms with E-state index in [9.17, 15) is 4.79 Å². The van der Waals surface area contributed by atoms with Gasteiger partial charge in [-0.3, -0.25) is 0 Å². The molecule has 1 aromatic carbocycles. The molecule has 1 saturated heterocycles. The number of hydrogen-bond donors (Lipinski definition) is 1. The van der Waals surface area contributed by atoms with Crippen LogP contribution >= 0.6 is 11.3 Å². The van der Waals surface area contributed by atoms with Gasteiger partial charge in [-0.25, -0.2) is 9.78 Å². The van der Waals surface area contributed by atoms with Gasteiger partial charge in [0.25, 0.3) is 5.19 Å². The third-order valence-electron chi connectivity index (χ3n) is 5.71. The topological polar surface area (TPSA) is 97.7 Å². The Labute approximate surface area is 181 Å². The van der Waals surface area contributed by atoms with Gasteiger partial charge in [0, 0.05) is 49.4 Å². The van der Waals surface area contributed by atoms with Crippen LogP contribution in [0.15, 0.2) is 58.8 Å². The van der Waals surface area contributed by atoms with Gasteiger partial charge in [0.2, 0.25) is 0 Å². The SMILES string of the molecule is NC(=O)N1CC2=CN(Cc3cc4ccc(Oc5nc6ncccc6s5)cc4o3)CC2C1. The molecule has 31 heavy (non-hydrogen) atoms. The molecule has 2 amide bonds. The number of ether oxygens (including phenoxy) is 1. The standard InChI is InChI=1S/C22H19N5O3S/c23-21(28)27-10-14-8-26(9-15(14)11-27)12-17-6-13-3-4-16(7-18(13)29-17)30-22-25-20-19(31-22)2-1-5-24-20/h1-8,15H,9-12H2,(H2,23,28). The number of likely N-dealkylation sites (tertiary alicyclic amines) is 1. The van der Waals surface area contributed by atoms with E-state index in [0.717, 1.165) is 28.0 Å². The molecule has 1 fully saturated rings. The summed E-state index contributed by atoms with van der Waals surface area (Å²) >= 11 is 1.46. The molecule has 0 radical (unpaired) electrons. The highest BCUT2D eigenvalue weighted by molar-refractivity contribution is 7.20. The molecular weight excluding hydrogens is 414 g/mol. The molecular formula is C22H19N5O3S. The van der Waals surface area contributed by atoms with Gasteiger partial charge in [0.05, 0.1) is 11.2 Å². The summed E-state index contributed by atoms with van der Waals surface area (Å²) in [5, 5.41) is 1.58. The van der Waals surface area contributed by atoms with Crippen molar-refractivity contribution in [2.24, 2.45) is 11.7 Å². The fourth-order valence-electron chi connectivity index (χ4n) is 4.27. The van der Waals surface area contributed by atoms with Crippen molar-refractivity contribution in [1.82, 2.24) is 19.8 Å². The monoisotopic (exact) mass is 433 g/mol. The van der Waals surface area contributed by atoms with Gasteiger partial charge in [-0.15, -0.1) is 0 Å². The molecule has 5 heterocycles. The predicted molar refractivity (Wildman–Crippen MR) is 117 cm³/mol. The number of nitrogens with zero attached hydrogens (tertiary/aromatic N) is 4. The van der Waals surface area contributed by atoms with Crippen molar-refractivity contribution >= 4 is 38.7 Å². The summed E-state index contributed by atoms with van der Waals surface area (Å²) < 4.78 is 13.0. The van der Waals surface area contributed by atoms with Gasteiger partial charge in [-0.1, -0.05) is 11.3 Å². The Kier molecular flexibility index (Phi) is 4.10. The second-order valence-corrected chi connectivity index (χ2v) is 8.86. The van der Waals surface area contributed by atoms with Crippen LogP contribution < -0.4 is 10.5 Å². The van der Waals surface area contributed by atoms with Crippen molar-refractivity contribution in [2.75, 3.05) is 19.6 Å². The number of benzene rings is 1. The van der Waals surface area contributed by atoms with E-state index in [1.54, 1.807) is 11.1 Å². The number of aromatic nitrogens is 2. The number of fused-ring (bicyclic) bond motifs is 3. The smallest absolute Gasteiger partial charge is 0.315 e. The Hall–Kier alpha value is -3.59. The van der Waals surface area contributed by atoms with Crippen molar-refractivity contribution in [3.63, 3.8) is 0 Å². The number of rotatable bonds is 4. The van der Waals surface area contributed by atoms with E-state index in [2.05, 4.69) is 27.1 Å². The highest BCUT2D eigenvalue weighted by Crippen LogP contribution is 2.34. The van der Waals surface area contributed by atoms with Gasteiger partial charge >= 0.3 is 6.03 Å². The molecule has 0 spiro atoms. The molecule has 0 saturated carbocycles. The van der Waals surface area contributed by atoms with Crippen molar-refractivity contribution in [1.29, 1.82) is 0 Å². The van der Waals surface area contributed by atoms with E-state index in [1.165, 1.54) is 16.9 Å². The number of amides is 2. The first-order chi connectivity index (χ1) is 15.1. The number of carbonyl (C=O) groups excluding carboxylic acids is 1. The Balaban J connectivity index is 1.17. The molecule has 4 aromatic rings.